The summed E-state index contributed by atoms with van der Waals surface area (Å²) in [5.74, 6) is 1.77. The molecule has 0 N–H and O–H groups in total. The maximum Gasteiger partial charge on any atom is 0.119 e. The van der Waals surface area contributed by atoms with Crippen molar-refractivity contribution in [3.05, 3.63) is 95.4 Å². The van der Waals surface area contributed by atoms with Gasteiger partial charge in [-0.05, 0) is 84.7 Å². The number of rotatable bonds is 33. The molecule has 360 valence electrons. The highest BCUT2D eigenvalue weighted by molar-refractivity contribution is 7.23. The van der Waals surface area contributed by atoms with E-state index in [-0.39, 0.29) is 5.41 Å². The molecule has 6 aromatic rings. The van der Waals surface area contributed by atoms with E-state index in [4.69, 9.17) is 19.4 Å². The number of para-hydroxylation sites is 1. The number of ether oxygens (including phenoxy) is 2. The predicted octanol–water partition coefficient (Wildman–Crippen LogP) is 20.0. The van der Waals surface area contributed by atoms with Gasteiger partial charge in [-0.1, -0.05) is 205 Å². The molecule has 1 aliphatic carbocycles. The number of aromatic nitrogens is 2. The third-order valence-electron chi connectivity index (χ3n) is 14.3. The summed E-state index contributed by atoms with van der Waals surface area (Å²) < 4.78 is 12.8. The molecule has 1 aliphatic rings. The van der Waals surface area contributed by atoms with Gasteiger partial charge in [-0.3, -0.25) is 0 Å². The van der Waals surface area contributed by atoms with E-state index >= 15 is 0 Å². The van der Waals surface area contributed by atoms with Gasteiger partial charge in [0.05, 0.1) is 35.6 Å². The van der Waals surface area contributed by atoms with Gasteiger partial charge >= 0.3 is 0 Å². The lowest BCUT2D eigenvalue weighted by Gasteiger charge is -2.31. The van der Waals surface area contributed by atoms with E-state index < -0.39 is 0 Å². The van der Waals surface area contributed by atoms with Gasteiger partial charge in [0.15, 0.2) is 0 Å². The summed E-state index contributed by atoms with van der Waals surface area (Å²) in [4.78, 5) is 15.5. The molecule has 0 unspecified atom stereocenters. The Bertz CT molecular complexity index is 2360. The molecule has 0 saturated carbocycles. The zero-order valence-electron chi connectivity index (χ0n) is 41.9. The Morgan fingerprint density at radius 2 is 0.955 bits per heavy atom. The van der Waals surface area contributed by atoms with Crippen LogP contribution in [0, 0.1) is 0 Å². The lowest BCUT2D eigenvalue weighted by atomic mass is 9.71. The predicted molar refractivity (Wildman–Crippen MR) is 292 cm³/mol. The molecule has 0 saturated heterocycles. The molecule has 0 spiro atoms. The summed E-state index contributed by atoms with van der Waals surface area (Å²) in [5.41, 5.74) is 10.1. The van der Waals surface area contributed by atoms with Crippen molar-refractivity contribution in [3.63, 3.8) is 0 Å². The van der Waals surface area contributed by atoms with Gasteiger partial charge in [0.25, 0.3) is 0 Å². The minimum Gasteiger partial charge on any atom is -0.494 e. The van der Waals surface area contributed by atoms with E-state index in [1.807, 2.05) is 22.7 Å². The minimum atomic E-state index is 0.0849. The van der Waals surface area contributed by atoms with Crippen molar-refractivity contribution in [1.82, 2.24) is 9.97 Å². The summed E-state index contributed by atoms with van der Waals surface area (Å²) in [6, 6.07) is 28.8. The minimum absolute atomic E-state index is 0.0849. The van der Waals surface area contributed by atoms with Crippen LogP contribution in [0.25, 0.3) is 53.7 Å². The second-order valence-electron chi connectivity index (χ2n) is 19.5. The first-order valence-corrected chi connectivity index (χ1v) is 28.8. The Hall–Kier alpha value is -4.00. The lowest BCUT2D eigenvalue weighted by Crippen LogP contribution is -2.24. The molecular formula is C61H82N2O2S2. The van der Waals surface area contributed by atoms with E-state index in [2.05, 4.69) is 112 Å². The van der Waals surface area contributed by atoms with Crippen molar-refractivity contribution in [3.8, 4) is 54.2 Å². The summed E-state index contributed by atoms with van der Waals surface area (Å²) in [5, 5.41) is 2.36. The maximum absolute atomic E-state index is 6.42. The van der Waals surface area contributed by atoms with Crippen LogP contribution in [0.3, 0.4) is 0 Å². The number of unbranched alkanes of at least 4 members (excludes halogenated alkanes) is 20. The van der Waals surface area contributed by atoms with E-state index in [0.29, 0.717) is 0 Å². The van der Waals surface area contributed by atoms with Crippen LogP contribution < -0.4 is 9.47 Å². The van der Waals surface area contributed by atoms with E-state index in [9.17, 15) is 0 Å². The van der Waals surface area contributed by atoms with Crippen LogP contribution in [0.2, 0.25) is 0 Å². The van der Waals surface area contributed by atoms with Gasteiger partial charge in [0.2, 0.25) is 0 Å². The maximum atomic E-state index is 6.42. The van der Waals surface area contributed by atoms with Crippen LogP contribution in [0.5, 0.6) is 11.5 Å². The van der Waals surface area contributed by atoms with Crippen molar-refractivity contribution in [2.24, 2.45) is 0 Å². The van der Waals surface area contributed by atoms with Crippen molar-refractivity contribution >= 4 is 33.7 Å². The highest BCUT2D eigenvalue weighted by Crippen LogP contribution is 2.60. The average molecular weight is 939 g/mol. The molecule has 0 bridgehead atoms. The Morgan fingerprint density at radius 1 is 0.463 bits per heavy atom. The molecular weight excluding hydrogens is 857 g/mol. The van der Waals surface area contributed by atoms with Gasteiger partial charge in [-0.25, -0.2) is 9.97 Å². The molecule has 67 heavy (non-hydrogen) atoms. The highest BCUT2D eigenvalue weighted by Gasteiger charge is 2.44. The van der Waals surface area contributed by atoms with Crippen LogP contribution in [0.1, 0.15) is 206 Å². The third-order valence-corrected chi connectivity index (χ3v) is 16.5. The van der Waals surface area contributed by atoms with Crippen LogP contribution in [-0.4, -0.2) is 23.2 Å². The Kier molecular flexibility index (Phi) is 20.7. The molecule has 6 heteroatoms. The van der Waals surface area contributed by atoms with E-state index in [1.165, 1.54) is 174 Å². The standard InChI is InChI=1S/C61H82N2O2S2/c1-5-9-13-17-21-25-39-61(40-26-22-18-14-10-6-2)52-38-43-66-59(52)60-53(61)46-55(67-60)51-36-31-37-54-58(51)63-57(48-33-30-35-50(45-48)65-42-28-24-20-16-12-8-4)56(62-54)47-32-29-34-49(44-47)64-41-27-23-19-15-11-7-3/h29-38,43-46H,5-28,39-42H2,1-4H3. The molecule has 7 rings (SSSR count). The first kappa shape index (κ1) is 50.9. The molecule has 0 atom stereocenters. The summed E-state index contributed by atoms with van der Waals surface area (Å²) in [7, 11) is 0. The molecule has 3 aromatic carbocycles. The SMILES string of the molecule is CCCCCCCCOc1cccc(-c2nc3cccc(-c4cc5c(s4)-c4sccc4C5(CCCCCCCC)CCCCCCCC)c3nc2-c2cccc(OCCCCCCCC)c2)c1. The number of benzene rings is 3. The van der Waals surface area contributed by atoms with Crippen LogP contribution in [-0.2, 0) is 5.41 Å². The zero-order valence-corrected chi connectivity index (χ0v) is 43.5. The quantitative estimate of drug-likeness (QED) is 0.0386. The summed E-state index contributed by atoms with van der Waals surface area (Å²) in [6.07, 6.45) is 33.3. The van der Waals surface area contributed by atoms with Gasteiger partial charge in [0.1, 0.15) is 11.5 Å². The largest absolute Gasteiger partial charge is 0.494 e. The molecule has 3 heterocycles. The molecule has 0 radical (unpaired) electrons. The fourth-order valence-corrected chi connectivity index (χ4v) is 12.9. The summed E-state index contributed by atoms with van der Waals surface area (Å²) in [6.45, 7) is 10.6. The van der Waals surface area contributed by atoms with Crippen molar-refractivity contribution in [1.29, 1.82) is 0 Å². The molecule has 0 fully saturated rings. The first-order chi connectivity index (χ1) is 33.1. The highest BCUT2D eigenvalue weighted by atomic mass is 32.1. The molecule has 3 aromatic heterocycles. The fourth-order valence-electron chi connectivity index (χ4n) is 10.4. The fraction of sp³-hybridized carbons (Fsp3) is 0.541. The van der Waals surface area contributed by atoms with E-state index in [1.54, 1.807) is 11.1 Å². The van der Waals surface area contributed by atoms with Crippen LogP contribution in [0.15, 0.2) is 84.2 Å². The Balaban J connectivity index is 1.24. The smallest absolute Gasteiger partial charge is 0.119 e. The van der Waals surface area contributed by atoms with Gasteiger partial charge in [0, 0.05) is 36.7 Å². The van der Waals surface area contributed by atoms with Crippen LogP contribution in [0.4, 0.5) is 0 Å². The second-order valence-corrected chi connectivity index (χ2v) is 21.5. The zero-order chi connectivity index (χ0) is 46.5. The number of hydrogen-bond acceptors (Lipinski definition) is 6. The van der Waals surface area contributed by atoms with Crippen molar-refractivity contribution in [2.45, 2.75) is 200 Å². The molecule has 0 amide bonds. The van der Waals surface area contributed by atoms with Gasteiger partial charge < -0.3 is 9.47 Å². The normalized spacial score (nSPS) is 12.8. The van der Waals surface area contributed by atoms with E-state index in [0.717, 1.165) is 71.1 Å². The summed E-state index contributed by atoms with van der Waals surface area (Å²) >= 11 is 3.94. The first-order valence-electron chi connectivity index (χ1n) is 27.1. The second kappa shape index (κ2) is 27.3. The topological polar surface area (TPSA) is 44.2 Å². The number of hydrogen-bond donors (Lipinski definition) is 0. The Morgan fingerprint density at radius 3 is 1.51 bits per heavy atom. The molecule has 0 aliphatic heterocycles. The monoisotopic (exact) mass is 939 g/mol. The Labute approximate surface area is 413 Å². The average Bonchev–Trinajstić information content (AvgIpc) is 4.08. The van der Waals surface area contributed by atoms with Crippen molar-refractivity contribution < 1.29 is 9.47 Å². The number of fused-ring (bicyclic) bond motifs is 4. The van der Waals surface area contributed by atoms with Gasteiger partial charge in [-0.2, -0.15) is 0 Å². The number of thiophene rings is 2. The van der Waals surface area contributed by atoms with Crippen LogP contribution >= 0.6 is 22.7 Å². The van der Waals surface area contributed by atoms with Crippen molar-refractivity contribution in [2.75, 3.05) is 13.2 Å². The third kappa shape index (κ3) is 13.6. The lowest BCUT2D eigenvalue weighted by molar-refractivity contribution is 0.304. The van der Waals surface area contributed by atoms with Gasteiger partial charge in [-0.15, -0.1) is 22.7 Å². The number of nitrogens with zero attached hydrogens (tertiary/aromatic N) is 2. The molecule has 4 nitrogen and oxygen atoms in total.